The number of aliphatic hydroxyl groups excluding tert-OH is 1. The van der Waals surface area contributed by atoms with E-state index in [4.69, 9.17) is 9.84 Å². The number of aliphatic hydroxyl groups is 1. The fourth-order valence-corrected chi connectivity index (χ4v) is 1.05. The van der Waals surface area contributed by atoms with Gasteiger partial charge in [0.15, 0.2) is 6.29 Å². The van der Waals surface area contributed by atoms with E-state index < -0.39 is 6.29 Å². The third kappa shape index (κ3) is 1.66. The summed E-state index contributed by atoms with van der Waals surface area (Å²) in [5.41, 5.74) is 0. The van der Waals surface area contributed by atoms with E-state index in [1.54, 1.807) is 0 Å². The van der Waals surface area contributed by atoms with Crippen LogP contribution >= 0.6 is 0 Å². The van der Waals surface area contributed by atoms with Gasteiger partial charge in [0.1, 0.15) is 0 Å². The molecule has 1 aliphatic rings. The normalized spacial score (nSPS) is 45.0. The largest absolute Gasteiger partial charge is 0.368 e. The number of hydrogen-bond acceptors (Lipinski definition) is 2. The summed E-state index contributed by atoms with van der Waals surface area (Å²) in [4.78, 5) is 0. The Balaban J connectivity index is 2.35. The molecule has 2 heteroatoms. The summed E-state index contributed by atoms with van der Waals surface area (Å²) >= 11 is 0. The Hall–Kier alpha value is -0.0800. The van der Waals surface area contributed by atoms with Crippen molar-refractivity contribution in [2.24, 2.45) is 11.8 Å². The highest BCUT2D eigenvalue weighted by Crippen LogP contribution is 2.23. The SMILES string of the molecule is C[C@@H]1CO[C@@H](O)C[C@@H]1C. The summed E-state index contributed by atoms with van der Waals surface area (Å²) in [5.74, 6) is 1.21. The predicted molar refractivity (Wildman–Crippen MR) is 34.9 cm³/mol. The molecule has 0 unspecified atom stereocenters. The van der Waals surface area contributed by atoms with Gasteiger partial charge in [-0.15, -0.1) is 0 Å². The topological polar surface area (TPSA) is 29.5 Å². The maximum absolute atomic E-state index is 8.98. The Bertz CT molecular complexity index is 92.9. The molecule has 1 heterocycles. The van der Waals surface area contributed by atoms with Crippen LogP contribution in [0.15, 0.2) is 0 Å². The Morgan fingerprint density at radius 3 is 2.44 bits per heavy atom. The van der Waals surface area contributed by atoms with Crippen molar-refractivity contribution in [1.82, 2.24) is 0 Å². The molecule has 2 nitrogen and oxygen atoms in total. The first kappa shape index (κ1) is 7.03. The average molecular weight is 130 g/mol. The average Bonchev–Trinajstić information content (AvgIpc) is 1.80. The van der Waals surface area contributed by atoms with Gasteiger partial charge in [-0.25, -0.2) is 0 Å². The van der Waals surface area contributed by atoms with E-state index in [-0.39, 0.29) is 0 Å². The first-order valence-corrected chi connectivity index (χ1v) is 3.50. The lowest BCUT2D eigenvalue weighted by atomic mass is 9.91. The number of ether oxygens (including phenoxy) is 1. The molecule has 0 aromatic heterocycles. The third-order valence-electron chi connectivity index (χ3n) is 2.10. The number of rotatable bonds is 0. The lowest BCUT2D eigenvalue weighted by Crippen LogP contribution is -2.30. The molecule has 0 aromatic rings. The van der Waals surface area contributed by atoms with Gasteiger partial charge in [0.05, 0.1) is 6.61 Å². The second-order valence-corrected chi connectivity index (χ2v) is 2.98. The monoisotopic (exact) mass is 130 g/mol. The third-order valence-corrected chi connectivity index (χ3v) is 2.10. The van der Waals surface area contributed by atoms with Crippen LogP contribution in [0.1, 0.15) is 20.3 Å². The molecule has 0 bridgehead atoms. The van der Waals surface area contributed by atoms with E-state index in [0.717, 1.165) is 6.42 Å². The summed E-state index contributed by atoms with van der Waals surface area (Å²) in [5, 5.41) is 8.98. The van der Waals surface area contributed by atoms with Crippen molar-refractivity contribution in [1.29, 1.82) is 0 Å². The van der Waals surface area contributed by atoms with Crippen LogP contribution in [0.4, 0.5) is 0 Å². The van der Waals surface area contributed by atoms with Crippen molar-refractivity contribution >= 4 is 0 Å². The molecule has 1 N–H and O–H groups in total. The highest BCUT2D eigenvalue weighted by Gasteiger charge is 2.22. The second kappa shape index (κ2) is 2.67. The van der Waals surface area contributed by atoms with E-state index in [0.29, 0.717) is 18.4 Å². The van der Waals surface area contributed by atoms with Gasteiger partial charge in [-0.2, -0.15) is 0 Å². The Labute approximate surface area is 55.8 Å². The molecule has 0 radical (unpaired) electrons. The highest BCUT2D eigenvalue weighted by atomic mass is 16.6. The first-order valence-electron chi connectivity index (χ1n) is 3.50. The molecular formula is C7H14O2. The molecule has 3 atom stereocenters. The van der Waals surface area contributed by atoms with Crippen molar-refractivity contribution < 1.29 is 9.84 Å². The summed E-state index contributed by atoms with van der Waals surface area (Å²) in [6.45, 7) is 5.01. The first-order chi connectivity index (χ1) is 4.20. The molecule has 1 rings (SSSR count). The second-order valence-electron chi connectivity index (χ2n) is 2.98. The molecule has 9 heavy (non-hydrogen) atoms. The van der Waals surface area contributed by atoms with Crippen LogP contribution in [0.25, 0.3) is 0 Å². The van der Waals surface area contributed by atoms with E-state index in [2.05, 4.69) is 13.8 Å². The van der Waals surface area contributed by atoms with Crippen LogP contribution in [0.2, 0.25) is 0 Å². The van der Waals surface area contributed by atoms with Gasteiger partial charge in [0.2, 0.25) is 0 Å². The molecule has 1 aliphatic heterocycles. The quantitative estimate of drug-likeness (QED) is 0.530. The van der Waals surface area contributed by atoms with E-state index >= 15 is 0 Å². The Morgan fingerprint density at radius 2 is 2.00 bits per heavy atom. The van der Waals surface area contributed by atoms with Gasteiger partial charge in [0.25, 0.3) is 0 Å². The van der Waals surface area contributed by atoms with Crippen LogP contribution in [-0.4, -0.2) is 18.0 Å². The van der Waals surface area contributed by atoms with Crippen molar-refractivity contribution in [2.45, 2.75) is 26.6 Å². The summed E-state index contributed by atoms with van der Waals surface area (Å²) in [6.07, 6.45) is 0.289. The van der Waals surface area contributed by atoms with Crippen LogP contribution in [-0.2, 0) is 4.74 Å². The van der Waals surface area contributed by atoms with Crippen molar-refractivity contribution in [2.75, 3.05) is 6.61 Å². The molecule has 0 saturated carbocycles. The molecule has 0 aliphatic carbocycles. The Morgan fingerprint density at radius 1 is 1.33 bits per heavy atom. The molecule has 1 fully saturated rings. The van der Waals surface area contributed by atoms with Gasteiger partial charge >= 0.3 is 0 Å². The zero-order valence-corrected chi connectivity index (χ0v) is 6.00. The smallest absolute Gasteiger partial charge is 0.154 e. The van der Waals surface area contributed by atoms with E-state index in [9.17, 15) is 0 Å². The van der Waals surface area contributed by atoms with Crippen LogP contribution in [0.5, 0.6) is 0 Å². The zero-order valence-electron chi connectivity index (χ0n) is 6.00. The lowest BCUT2D eigenvalue weighted by molar-refractivity contribution is -0.153. The minimum Gasteiger partial charge on any atom is -0.368 e. The standard InChI is InChI=1S/C7H14O2/c1-5-3-7(8)9-4-6(5)2/h5-8H,3-4H2,1-2H3/t5-,6+,7+/m0/s1. The van der Waals surface area contributed by atoms with Gasteiger partial charge in [-0.1, -0.05) is 13.8 Å². The zero-order chi connectivity index (χ0) is 6.85. The maximum atomic E-state index is 8.98. The summed E-state index contributed by atoms with van der Waals surface area (Å²) in [7, 11) is 0. The van der Waals surface area contributed by atoms with Crippen LogP contribution < -0.4 is 0 Å². The molecule has 0 spiro atoms. The summed E-state index contributed by atoms with van der Waals surface area (Å²) < 4.78 is 5.02. The van der Waals surface area contributed by atoms with Gasteiger partial charge < -0.3 is 9.84 Å². The lowest BCUT2D eigenvalue weighted by Gasteiger charge is -2.29. The molecule has 0 aromatic carbocycles. The molecule has 54 valence electrons. The van der Waals surface area contributed by atoms with E-state index in [1.807, 2.05) is 0 Å². The predicted octanol–water partition coefficient (Wildman–Crippen LogP) is 0.997. The molecular weight excluding hydrogens is 116 g/mol. The van der Waals surface area contributed by atoms with Crippen LogP contribution in [0, 0.1) is 11.8 Å². The Kier molecular flexibility index (Phi) is 2.09. The maximum Gasteiger partial charge on any atom is 0.154 e. The minimum absolute atomic E-state index is 0.504. The van der Waals surface area contributed by atoms with Crippen LogP contribution in [0.3, 0.4) is 0 Å². The fraction of sp³-hybridized carbons (Fsp3) is 1.00. The van der Waals surface area contributed by atoms with Crippen molar-refractivity contribution in [3.63, 3.8) is 0 Å². The fourth-order valence-electron chi connectivity index (χ4n) is 1.05. The molecule has 0 amide bonds. The van der Waals surface area contributed by atoms with Gasteiger partial charge in [-0.05, 0) is 11.8 Å². The van der Waals surface area contributed by atoms with Gasteiger partial charge in [0, 0.05) is 6.42 Å². The minimum atomic E-state index is -0.504. The van der Waals surface area contributed by atoms with E-state index in [1.165, 1.54) is 0 Å². The number of hydrogen-bond donors (Lipinski definition) is 1. The van der Waals surface area contributed by atoms with Crippen molar-refractivity contribution in [3.05, 3.63) is 0 Å². The molecule has 1 saturated heterocycles. The van der Waals surface area contributed by atoms with Crippen molar-refractivity contribution in [3.8, 4) is 0 Å². The highest BCUT2D eigenvalue weighted by molar-refractivity contribution is 4.67. The van der Waals surface area contributed by atoms with Gasteiger partial charge in [-0.3, -0.25) is 0 Å². The summed E-state index contributed by atoms with van der Waals surface area (Å²) in [6, 6.07) is 0.